The number of benzene rings is 1. The van der Waals surface area contributed by atoms with E-state index in [9.17, 15) is 0 Å². The molecule has 0 radical (unpaired) electrons. The number of hydrogen-bond donors (Lipinski definition) is 1. The number of hydrogen-bond acceptors (Lipinski definition) is 3. The summed E-state index contributed by atoms with van der Waals surface area (Å²) < 4.78 is 5.71. The summed E-state index contributed by atoms with van der Waals surface area (Å²) in [6, 6.07) is 9.88. The summed E-state index contributed by atoms with van der Waals surface area (Å²) in [5, 5.41) is 3.65. The summed E-state index contributed by atoms with van der Waals surface area (Å²) in [5.74, 6) is 0.965. The van der Waals surface area contributed by atoms with Gasteiger partial charge in [0.25, 0.3) is 0 Å². The van der Waals surface area contributed by atoms with Crippen molar-refractivity contribution in [2.45, 2.75) is 65.3 Å². The van der Waals surface area contributed by atoms with Crippen LogP contribution in [0, 0.1) is 0 Å². The lowest BCUT2D eigenvalue weighted by Gasteiger charge is -2.40. The molecule has 2 unspecified atom stereocenters. The predicted molar refractivity (Wildman–Crippen MR) is 88.8 cm³/mol. The van der Waals surface area contributed by atoms with Crippen LogP contribution in [0.5, 0.6) is 5.75 Å². The topological polar surface area (TPSA) is 24.5 Å². The van der Waals surface area contributed by atoms with Crippen LogP contribution in [-0.2, 0) is 6.54 Å². The molecule has 2 rings (SSSR count). The van der Waals surface area contributed by atoms with Crippen LogP contribution >= 0.6 is 0 Å². The average molecular weight is 290 g/mol. The van der Waals surface area contributed by atoms with Gasteiger partial charge in [-0.3, -0.25) is 4.90 Å². The molecule has 118 valence electrons. The minimum atomic E-state index is 0.235. The van der Waals surface area contributed by atoms with Crippen LogP contribution in [0.25, 0.3) is 0 Å². The molecular weight excluding hydrogens is 260 g/mol. The Morgan fingerprint density at radius 1 is 1.19 bits per heavy atom. The van der Waals surface area contributed by atoms with E-state index >= 15 is 0 Å². The number of nitrogens with zero attached hydrogens (tertiary/aromatic N) is 1. The average Bonchev–Trinajstić information content (AvgIpc) is 2.48. The fourth-order valence-electron chi connectivity index (χ4n) is 2.98. The first-order valence-corrected chi connectivity index (χ1v) is 8.35. The largest absolute Gasteiger partial charge is 0.491 e. The van der Waals surface area contributed by atoms with E-state index in [2.05, 4.69) is 62.2 Å². The minimum absolute atomic E-state index is 0.235. The second-order valence-corrected chi connectivity index (χ2v) is 6.32. The first-order chi connectivity index (χ1) is 10.1. The Labute approximate surface area is 129 Å². The Bertz CT molecular complexity index is 416. The summed E-state index contributed by atoms with van der Waals surface area (Å²) in [6.45, 7) is 12.0. The summed E-state index contributed by atoms with van der Waals surface area (Å²) >= 11 is 0. The van der Waals surface area contributed by atoms with E-state index in [0.717, 1.165) is 25.4 Å². The second-order valence-electron chi connectivity index (χ2n) is 6.32. The van der Waals surface area contributed by atoms with Gasteiger partial charge in [-0.05, 0) is 44.4 Å². The summed E-state index contributed by atoms with van der Waals surface area (Å²) in [7, 11) is 0. The molecule has 1 heterocycles. The molecule has 21 heavy (non-hydrogen) atoms. The summed E-state index contributed by atoms with van der Waals surface area (Å²) in [4.78, 5) is 2.63. The number of nitrogens with one attached hydrogen (secondary N) is 1. The summed E-state index contributed by atoms with van der Waals surface area (Å²) in [6.07, 6.45) is 2.64. The first kappa shape index (κ1) is 16.3. The van der Waals surface area contributed by atoms with E-state index in [4.69, 9.17) is 4.74 Å². The van der Waals surface area contributed by atoms with Crippen molar-refractivity contribution in [1.29, 1.82) is 0 Å². The van der Waals surface area contributed by atoms with Crippen LogP contribution < -0.4 is 10.1 Å². The molecule has 0 spiro atoms. The van der Waals surface area contributed by atoms with Crippen molar-refractivity contribution in [3.05, 3.63) is 29.8 Å². The van der Waals surface area contributed by atoms with Crippen LogP contribution in [0.1, 0.15) is 46.1 Å². The highest BCUT2D eigenvalue weighted by atomic mass is 16.5. The molecule has 0 amide bonds. The molecule has 1 N–H and O–H groups in total. The maximum absolute atomic E-state index is 5.71. The molecule has 1 aromatic carbocycles. The van der Waals surface area contributed by atoms with Crippen LogP contribution in [-0.4, -0.2) is 36.2 Å². The molecule has 1 saturated heterocycles. The van der Waals surface area contributed by atoms with Gasteiger partial charge in [0.05, 0.1) is 6.10 Å². The van der Waals surface area contributed by atoms with Crippen molar-refractivity contribution < 1.29 is 4.74 Å². The normalized spacial score (nSPS) is 23.5. The highest BCUT2D eigenvalue weighted by Gasteiger charge is 2.25. The van der Waals surface area contributed by atoms with Gasteiger partial charge < -0.3 is 10.1 Å². The van der Waals surface area contributed by atoms with E-state index in [0.29, 0.717) is 12.1 Å². The van der Waals surface area contributed by atoms with Crippen molar-refractivity contribution in [3.8, 4) is 5.75 Å². The second kappa shape index (κ2) is 7.81. The molecule has 1 aliphatic heterocycles. The van der Waals surface area contributed by atoms with E-state index in [1.54, 1.807) is 0 Å². The highest BCUT2D eigenvalue weighted by molar-refractivity contribution is 5.27. The zero-order valence-electron chi connectivity index (χ0n) is 13.9. The first-order valence-electron chi connectivity index (χ1n) is 8.35. The molecule has 0 aromatic heterocycles. The molecule has 1 fully saturated rings. The number of rotatable bonds is 6. The van der Waals surface area contributed by atoms with E-state index in [1.807, 2.05) is 0 Å². The Hall–Kier alpha value is -1.06. The van der Waals surface area contributed by atoms with Gasteiger partial charge in [0, 0.05) is 31.7 Å². The van der Waals surface area contributed by atoms with Gasteiger partial charge in [0.2, 0.25) is 0 Å². The van der Waals surface area contributed by atoms with E-state index in [-0.39, 0.29) is 6.10 Å². The SMILES string of the molecule is CCC1CN(Cc2ccc(OC(C)C)cc2)C(CC)CN1. The molecule has 3 heteroatoms. The highest BCUT2D eigenvalue weighted by Crippen LogP contribution is 2.19. The van der Waals surface area contributed by atoms with Gasteiger partial charge >= 0.3 is 0 Å². The zero-order valence-corrected chi connectivity index (χ0v) is 13.9. The minimum Gasteiger partial charge on any atom is -0.491 e. The Morgan fingerprint density at radius 2 is 1.90 bits per heavy atom. The van der Waals surface area contributed by atoms with E-state index in [1.165, 1.54) is 18.4 Å². The van der Waals surface area contributed by atoms with Crippen LogP contribution in [0.2, 0.25) is 0 Å². The van der Waals surface area contributed by atoms with E-state index < -0.39 is 0 Å². The third-order valence-electron chi connectivity index (χ3n) is 4.26. The molecule has 0 bridgehead atoms. The van der Waals surface area contributed by atoms with Crippen molar-refractivity contribution in [3.63, 3.8) is 0 Å². The quantitative estimate of drug-likeness (QED) is 0.868. The molecule has 2 atom stereocenters. The predicted octanol–water partition coefficient (Wildman–Crippen LogP) is 3.44. The van der Waals surface area contributed by atoms with Gasteiger partial charge in [0.15, 0.2) is 0 Å². The van der Waals surface area contributed by atoms with Gasteiger partial charge in [-0.2, -0.15) is 0 Å². The lowest BCUT2D eigenvalue weighted by atomic mass is 10.0. The molecule has 1 aliphatic rings. The standard InChI is InChI=1S/C18H30N2O/c1-5-16-13-20(17(6-2)11-19-16)12-15-7-9-18(10-8-15)21-14(3)4/h7-10,14,16-17,19H,5-6,11-13H2,1-4H3. The van der Waals surface area contributed by atoms with Gasteiger partial charge in [-0.15, -0.1) is 0 Å². The van der Waals surface area contributed by atoms with Crippen LogP contribution in [0.3, 0.4) is 0 Å². The monoisotopic (exact) mass is 290 g/mol. The Morgan fingerprint density at radius 3 is 2.48 bits per heavy atom. The molecule has 0 aliphatic carbocycles. The fourth-order valence-corrected chi connectivity index (χ4v) is 2.98. The fraction of sp³-hybridized carbons (Fsp3) is 0.667. The van der Waals surface area contributed by atoms with Gasteiger partial charge in [-0.1, -0.05) is 26.0 Å². The van der Waals surface area contributed by atoms with Crippen molar-refractivity contribution in [2.75, 3.05) is 13.1 Å². The lowest BCUT2D eigenvalue weighted by Crippen LogP contribution is -2.55. The van der Waals surface area contributed by atoms with Crippen LogP contribution in [0.4, 0.5) is 0 Å². The smallest absolute Gasteiger partial charge is 0.119 e. The van der Waals surface area contributed by atoms with Crippen molar-refractivity contribution in [2.24, 2.45) is 0 Å². The lowest BCUT2D eigenvalue weighted by molar-refractivity contribution is 0.117. The Balaban J connectivity index is 1.98. The van der Waals surface area contributed by atoms with Crippen LogP contribution in [0.15, 0.2) is 24.3 Å². The number of piperazine rings is 1. The molecular formula is C18H30N2O. The zero-order chi connectivity index (χ0) is 15.2. The maximum Gasteiger partial charge on any atom is 0.119 e. The molecule has 3 nitrogen and oxygen atoms in total. The number of ether oxygens (including phenoxy) is 1. The summed E-state index contributed by atoms with van der Waals surface area (Å²) in [5.41, 5.74) is 1.38. The van der Waals surface area contributed by atoms with Crippen molar-refractivity contribution in [1.82, 2.24) is 10.2 Å². The molecule has 1 aromatic rings. The van der Waals surface area contributed by atoms with Gasteiger partial charge in [0.1, 0.15) is 5.75 Å². The third kappa shape index (κ3) is 4.72. The Kier molecular flexibility index (Phi) is 6.07. The third-order valence-corrected chi connectivity index (χ3v) is 4.26. The molecule has 0 saturated carbocycles. The van der Waals surface area contributed by atoms with Gasteiger partial charge in [-0.25, -0.2) is 0 Å². The maximum atomic E-state index is 5.71. The van der Waals surface area contributed by atoms with Crippen molar-refractivity contribution >= 4 is 0 Å².